The van der Waals surface area contributed by atoms with Crippen LogP contribution in [-0.4, -0.2) is 15.4 Å². The summed E-state index contributed by atoms with van der Waals surface area (Å²) in [6.45, 7) is 1.15. The first-order chi connectivity index (χ1) is 9.85. The molecule has 2 aliphatic rings. The third-order valence-electron chi connectivity index (χ3n) is 5.35. The van der Waals surface area contributed by atoms with E-state index in [2.05, 4.69) is 28.8 Å². The maximum absolute atomic E-state index is 5.96. The topological polar surface area (TPSA) is 17.8 Å². The second-order valence-electron chi connectivity index (χ2n) is 6.50. The molecule has 106 valence electrons. The SMILES string of the molecule is ClCCc1nc2ccccc2n1CC1CC2CCC1C2. The van der Waals surface area contributed by atoms with Gasteiger partial charge in [-0.2, -0.15) is 0 Å². The summed E-state index contributed by atoms with van der Waals surface area (Å²) in [4.78, 5) is 4.79. The van der Waals surface area contributed by atoms with Crippen molar-refractivity contribution in [2.75, 3.05) is 5.88 Å². The Bertz CT molecular complexity index is 618. The van der Waals surface area contributed by atoms with E-state index in [0.717, 1.165) is 36.2 Å². The summed E-state index contributed by atoms with van der Waals surface area (Å²) in [7, 11) is 0. The van der Waals surface area contributed by atoms with Crippen molar-refractivity contribution < 1.29 is 0 Å². The van der Waals surface area contributed by atoms with Crippen molar-refractivity contribution in [3.8, 4) is 0 Å². The minimum atomic E-state index is 0.653. The maximum atomic E-state index is 5.96. The Morgan fingerprint density at radius 1 is 1.20 bits per heavy atom. The number of para-hydroxylation sites is 2. The van der Waals surface area contributed by atoms with Crippen molar-refractivity contribution in [1.82, 2.24) is 9.55 Å². The molecule has 3 heteroatoms. The zero-order chi connectivity index (χ0) is 13.5. The number of benzene rings is 1. The predicted octanol–water partition coefficient (Wildman–Crippen LogP) is 4.25. The lowest BCUT2D eigenvalue weighted by molar-refractivity contribution is 0.296. The normalized spacial score (nSPS) is 28.6. The van der Waals surface area contributed by atoms with Crippen LogP contribution in [0.25, 0.3) is 11.0 Å². The van der Waals surface area contributed by atoms with Crippen LogP contribution in [-0.2, 0) is 13.0 Å². The van der Waals surface area contributed by atoms with Gasteiger partial charge in [0.15, 0.2) is 0 Å². The molecule has 1 heterocycles. The van der Waals surface area contributed by atoms with Gasteiger partial charge in [-0.25, -0.2) is 4.98 Å². The van der Waals surface area contributed by atoms with Gasteiger partial charge in [-0.1, -0.05) is 18.6 Å². The Labute approximate surface area is 125 Å². The van der Waals surface area contributed by atoms with Crippen molar-refractivity contribution in [3.63, 3.8) is 0 Å². The monoisotopic (exact) mass is 288 g/mol. The first kappa shape index (κ1) is 12.7. The molecule has 1 aromatic carbocycles. The molecule has 3 atom stereocenters. The molecule has 2 fully saturated rings. The Kier molecular flexibility index (Phi) is 3.22. The third-order valence-corrected chi connectivity index (χ3v) is 5.54. The average Bonchev–Trinajstić information content (AvgIpc) is 3.15. The summed E-state index contributed by atoms with van der Waals surface area (Å²) in [5, 5.41) is 0. The molecule has 2 aromatic rings. The molecule has 2 saturated carbocycles. The molecule has 0 radical (unpaired) electrons. The Morgan fingerprint density at radius 2 is 2.10 bits per heavy atom. The third kappa shape index (κ3) is 2.05. The van der Waals surface area contributed by atoms with E-state index in [4.69, 9.17) is 16.6 Å². The van der Waals surface area contributed by atoms with Gasteiger partial charge in [-0.05, 0) is 49.1 Å². The first-order valence-corrected chi connectivity index (χ1v) is 8.38. The van der Waals surface area contributed by atoms with Crippen LogP contribution in [0, 0.1) is 17.8 Å². The fourth-order valence-electron chi connectivity index (χ4n) is 4.44. The molecule has 0 N–H and O–H groups in total. The van der Waals surface area contributed by atoms with Gasteiger partial charge in [0, 0.05) is 18.8 Å². The number of aromatic nitrogens is 2. The molecule has 4 rings (SSSR count). The number of rotatable bonds is 4. The van der Waals surface area contributed by atoms with Gasteiger partial charge in [0.2, 0.25) is 0 Å². The highest BCUT2D eigenvalue weighted by molar-refractivity contribution is 6.17. The largest absolute Gasteiger partial charge is 0.328 e. The lowest BCUT2D eigenvalue weighted by Crippen LogP contribution is -2.19. The van der Waals surface area contributed by atoms with Gasteiger partial charge in [-0.3, -0.25) is 0 Å². The number of hydrogen-bond acceptors (Lipinski definition) is 1. The molecule has 1 aromatic heterocycles. The molecule has 3 unspecified atom stereocenters. The molecule has 0 saturated heterocycles. The zero-order valence-electron chi connectivity index (χ0n) is 11.8. The number of nitrogens with zero attached hydrogens (tertiary/aromatic N) is 2. The van der Waals surface area contributed by atoms with Crippen molar-refractivity contribution in [2.24, 2.45) is 17.8 Å². The lowest BCUT2D eigenvalue weighted by Gasteiger charge is -2.23. The molecule has 0 aliphatic heterocycles. The number of imidazole rings is 1. The highest BCUT2D eigenvalue weighted by Crippen LogP contribution is 2.49. The van der Waals surface area contributed by atoms with Gasteiger partial charge in [0.1, 0.15) is 5.82 Å². The summed E-state index contributed by atoms with van der Waals surface area (Å²) < 4.78 is 2.45. The smallest absolute Gasteiger partial charge is 0.111 e. The number of aryl methyl sites for hydroxylation is 1. The molecule has 0 spiro atoms. The van der Waals surface area contributed by atoms with Crippen LogP contribution in [0.5, 0.6) is 0 Å². The van der Waals surface area contributed by atoms with E-state index in [1.165, 1.54) is 37.0 Å². The van der Waals surface area contributed by atoms with Gasteiger partial charge in [0.05, 0.1) is 11.0 Å². The standard InChI is InChI=1S/C17H21ClN2/c18-8-7-17-19-15-3-1-2-4-16(15)20(17)11-14-10-12-5-6-13(14)9-12/h1-4,12-14H,5-11H2. The summed E-state index contributed by atoms with van der Waals surface area (Å²) in [5.41, 5.74) is 2.41. The van der Waals surface area contributed by atoms with E-state index >= 15 is 0 Å². The number of hydrogen-bond donors (Lipinski definition) is 0. The van der Waals surface area contributed by atoms with Crippen LogP contribution in [0.1, 0.15) is 31.5 Å². The minimum Gasteiger partial charge on any atom is -0.328 e. The van der Waals surface area contributed by atoms with Gasteiger partial charge in [0.25, 0.3) is 0 Å². The molecular weight excluding hydrogens is 268 g/mol. The van der Waals surface area contributed by atoms with Crippen molar-refractivity contribution in [3.05, 3.63) is 30.1 Å². The molecule has 2 aliphatic carbocycles. The molecule has 20 heavy (non-hydrogen) atoms. The summed E-state index contributed by atoms with van der Waals surface area (Å²) in [6.07, 6.45) is 6.70. The minimum absolute atomic E-state index is 0.653. The van der Waals surface area contributed by atoms with E-state index in [9.17, 15) is 0 Å². The van der Waals surface area contributed by atoms with E-state index in [-0.39, 0.29) is 0 Å². The maximum Gasteiger partial charge on any atom is 0.111 e. The summed E-state index contributed by atoms with van der Waals surface area (Å²) in [6, 6.07) is 8.51. The highest BCUT2D eigenvalue weighted by atomic mass is 35.5. The zero-order valence-corrected chi connectivity index (χ0v) is 12.5. The van der Waals surface area contributed by atoms with Crippen LogP contribution in [0.2, 0.25) is 0 Å². The number of fused-ring (bicyclic) bond motifs is 3. The molecule has 2 nitrogen and oxygen atoms in total. The van der Waals surface area contributed by atoms with Crippen LogP contribution in [0.15, 0.2) is 24.3 Å². The van der Waals surface area contributed by atoms with Crippen LogP contribution in [0.3, 0.4) is 0 Å². The van der Waals surface area contributed by atoms with Crippen LogP contribution in [0.4, 0.5) is 0 Å². The fourth-order valence-corrected chi connectivity index (χ4v) is 4.61. The number of alkyl halides is 1. The Morgan fingerprint density at radius 3 is 2.85 bits per heavy atom. The van der Waals surface area contributed by atoms with Crippen LogP contribution < -0.4 is 0 Å². The van der Waals surface area contributed by atoms with Gasteiger partial charge >= 0.3 is 0 Å². The Hall–Kier alpha value is -1.02. The summed E-state index contributed by atoms with van der Waals surface area (Å²) in [5.74, 6) is 4.66. The second-order valence-corrected chi connectivity index (χ2v) is 6.88. The van der Waals surface area contributed by atoms with E-state index in [1.807, 2.05) is 0 Å². The van der Waals surface area contributed by atoms with Gasteiger partial charge < -0.3 is 4.57 Å². The van der Waals surface area contributed by atoms with Gasteiger partial charge in [-0.15, -0.1) is 11.6 Å². The first-order valence-electron chi connectivity index (χ1n) is 7.85. The number of halogens is 1. The molecule has 0 amide bonds. The summed E-state index contributed by atoms with van der Waals surface area (Å²) >= 11 is 5.96. The Balaban J connectivity index is 1.68. The average molecular weight is 289 g/mol. The van der Waals surface area contributed by atoms with E-state index < -0.39 is 0 Å². The van der Waals surface area contributed by atoms with Crippen molar-refractivity contribution >= 4 is 22.6 Å². The fraction of sp³-hybridized carbons (Fsp3) is 0.588. The van der Waals surface area contributed by atoms with E-state index in [0.29, 0.717) is 5.88 Å². The van der Waals surface area contributed by atoms with Crippen molar-refractivity contribution in [2.45, 2.75) is 38.6 Å². The lowest BCUT2D eigenvalue weighted by atomic mass is 9.88. The molecular formula is C17H21ClN2. The van der Waals surface area contributed by atoms with Crippen LogP contribution >= 0.6 is 11.6 Å². The van der Waals surface area contributed by atoms with Crippen molar-refractivity contribution in [1.29, 1.82) is 0 Å². The quantitative estimate of drug-likeness (QED) is 0.769. The molecule has 2 bridgehead atoms. The predicted molar refractivity (Wildman–Crippen MR) is 83.1 cm³/mol. The second kappa shape index (κ2) is 5.07. The van der Waals surface area contributed by atoms with E-state index in [1.54, 1.807) is 0 Å². The highest BCUT2D eigenvalue weighted by Gasteiger charge is 2.39.